The molecule has 0 fully saturated rings. The van der Waals surface area contributed by atoms with Gasteiger partial charge in [-0.2, -0.15) is 11.3 Å². The van der Waals surface area contributed by atoms with Crippen LogP contribution in [0.5, 0.6) is 0 Å². The molecule has 2 rings (SSSR count). The van der Waals surface area contributed by atoms with Crippen molar-refractivity contribution in [2.24, 2.45) is 0 Å². The molecule has 0 spiro atoms. The highest BCUT2D eigenvalue weighted by Crippen LogP contribution is 2.16. The molecule has 0 saturated carbocycles. The minimum atomic E-state index is -1.10. The van der Waals surface area contributed by atoms with Crippen LogP contribution in [0.15, 0.2) is 47.2 Å². The van der Waals surface area contributed by atoms with Crippen LogP contribution in [-0.4, -0.2) is 17.1 Å². The number of nitrogens with one attached hydrogen (secondary N) is 2. The van der Waals surface area contributed by atoms with Gasteiger partial charge in [0.2, 0.25) is 0 Å². The number of benzene rings is 1. The Morgan fingerprint density at radius 3 is 2.38 bits per heavy atom. The van der Waals surface area contributed by atoms with Gasteiger partial charge in [0.25, 0.3) is 0 Å². The van der Waals surface area contributed by atoms with Crippen molar-refractivity contribution >= 4 is 23.3 Å². The second-order valence-corrected chi connectivity index (χ2v) is 5.36. The average Bonchev–Trinajstić information content (AvgIpc) is 2.99. The van der Waals surface area contributed by atoms with E-state index in [1.54, 1.807) is 41.7 Å². The van der Waals surface area contributed by atoms with E-state index in [-0.39, 0.29) is 6.04 Å². The van der Waals surface area contributed by atoms with Crippen LogP contribution in [0.25, 0.3) is 0 Å². The molecule has 2 atom stereocenters. The van der Waals surface area contributed by atoms with Gasteiger partial charge in [0.05, 0.1) is 6.04 Å². The molecule has 0 aliphatic rings. The Morgan fingerprint density at radius 2 is 1.81 bits per heavy atom. The smallest absolute Gasteiger partial charge is 0.330 e. The SMILES string of the molecule is CC(NC(=O)N[C@@H](C(=O)O)c1ccccc1)c1ccsc1. The normalized spacial score (nSPS) is 13.2. The topological polar surface area (TPSA) is 78.4 Å². The highest BCUT2D eigenvalue weighted by atomic mass is 32.1. The quantitative estimate of drug-likeness (QED) is 0.794. The molecular weight excluding hydrogens is 288 g/mol. The molecular formula is C15H16N2O3S. The monoisotopic (exact) mass is 304 g/mol. The van der Waals surface area contributed by atoms with E-state index in [1.165, 1.54) is 0 Å². The Kier molecular flexibility index (Phi) is 4.94. The van der Waals surface area contributed by atoms with Crippen LogP contribution in [0.1, 0.15) is 30.1 Å². The number of hydrogen-bond acceptors (Lipinski definition) is 3. The summed E-state index contributed by atoms with van der Waals surface area (Å²) in [5.41, 5.74) is 1.52. The summed E-state index contributed by atoms with van der Waals surface area (Å²) in [5, 5.41) is 18.3. The van der Waals surface area contributed by atoms with E-state index in [1.807, 2.05) is 23.8 Å². The van der Waals surface area contributed by atoms with E-state index in [4.69, 9.17) is 0 Å². The summed E-state index contributed by atoms with van der Waals surface area (Å²) in [6.07, 6.45) is 0. The zero-order valence-corrected chi connectivity index (χ0v) is 12.3. The molecule has 1 heterocycles. The average molecular weight is 304 g/mol. The number of carbonyl (C=O) groups excluding carboxylic acids is 1. The van der Waals surface area contributed by atoms with Crippen molar-refractivity contribution in [2.75, 3.05) is 0 Å². The number of carboxylic acids is 1. The molecule has 0 bridgehead atoms. The van der Waals surface area contributed by atoms with Crippen molar-refractivity contribution in [3.63, 3.8) is 0 Å². The first kappa shape index (κ1) is 15.1. The first-order valence-corrected chi connectivity index (χ1v) is 7.39. The largest absolute Gasteiger partial charge is 0.479 e. The maximum atomic E-state index is 12.0. The van der Waals surface area contributed by atoms with Crippen molar-refractivity contribution in [2.45, 2.75) is 19.0 Å². The Labute approximate surface area is 126 Å². The van der Waals surface area contributed by atoms with Crippen molar-refractivity contribution in [3.8, 4) is 0 Å². The molecule has 1 unspecified atom stereocenters. The Morgan fingerprint density at radius 1 is 1.10 bits per heavy atom. The Bertz CT molecular complexity index is 599. The third-order valence-electron chi connectivity index (χ3n) is 3.05. The van der Waals surface area contributed by atoms with E-state index >= 15 is 0 Å². The van der Waals surface area contributed by atoms with Gasteiger partial charge in [0, 0.05) is 0 Å². The fraction of sp³-hybridized carbons (Fsp3) is 0.200. The number of carboxylic acid groups (broad SMARTS) is 1. The van der Waals surface area contributed by atoms with Gasteiger partial charge in [0.1, 0.15) is 0 Å². The first-order chi connectivity index (χ1) is 10.1. The minimum Gasteiger partial charge on any atom is -0.479 e. The van der Waals surface area contributed by atoms with Gasteiger partial charge in [-0.05, 0) is 34.9 Å². The molecule has 2 aromatic rings. The van der Waals surface area contributed by atoms with E-state index < -0.39 is 18.0 Å². The van der Waals surface area contributed by atoms with Gasteiger partial charge in [0.15, 0.2) is 6.04 Å². The first-order valence-electron chi connectivity index (χ1n) is 6.45. The molecule has 1 aromatic heterocycles. The van der Waals surface area contributed by atoms with Gasteiger partial charge in [-0.15, -0.1) is 0 Å². The molecule has 6 heteroatoms. The number of hydrogen-bond donors (Lipinski definition) is 3. The van der Waals surface area contributed by atoms with Crippen molar-refractivity contribution in [3.05, 3.63) is 58.3 Å². The van der Waals surface area contributed by atoms with Crippen LogP contribution in [-0.2, 0) is 4.79 Å². The summed E-state index contributed by atoms with van der Waals surface area (Å²) in [7, 11) is 0. The summed E-state index contributed by atoms with van der Waals surface area (Å²) < 4.78 is 0. The number of carbonyl (C=O) groups is 2. The molecule has 21 heavy (non-hydrogen) atoms. The lowest BCUT2D eigenvalue weighted by Gasteiger charge is -2.18. The zero-order valence-electron chi connectivity index (χ0n) is 11.4. The maximum Gasteiger partial charge on any atom is 0.330 e. The fourth-order valence-corrected chi connectivity index (χ4v) is 2.66. The molecule has 2 amide bonds. The van der Waals surface area contributed by atoms with E-state index in [0.29, 0.717) is 5.56 Å². The summed E-state index contributed by atoms with van der Waals surface area (Å²) >= 11 is 1.54. The summed E-state index contributed by atoms with van der Waals surface area (Å²) in [6.45, 7) is 1.85. The molecule has 1 aromatic carbocycles. The van der Waals surface area contributed by atoms with E-state index in [0.717, 1.165) is 5.56 Å². The lowest BCUT2D eigenvalue weighted by atomic mass is 10.1. The van der Waals surface area contributed by atoms with Crippen LogP contribution < -0.4 is 10.6 Å². The minimum absolute atomic E-state index is 0.179. The van der Waals surface area contributed by atoms with E-state index in [9.17, 15) is 14.7 Å². The van der Waals surface area contributed by atoms with Gasteiger partial charge >= 0.3 is 12.0 Å². The van der Waals surface area contributed by atoms with Gasteiger partial charge in [-0.3, -0.25) is 0 Å². The molecule has 0 aliphatic carbocycles. The van der Waals surface area contributed by atoms with Crippen molar-refractivity contribution in [1.82, 2.24) is 10.6 Å². The fourth-order valence-electron chi connectivity index (χ4n) is 1.91. The van der Waals surface area contributed by atoms with Crippen LogP contribution >= 0.6 is 11.3 Å². The third-order valence-corrected chi connectivity index (χ3v) is 3.75. The lowest BCUT2D eigenvalue weighted by Crippen LogP contribution is -2.41. The standard InChI is InChI=1S/C15H16N2O3S/c1-10(12-7-8-21-9-12)16-15(20)17-13(14(18)19)11-5-3-2-4-6-11/h2-10,13H,1H3,(H,18,19)(H2,16,17,20)/t10?,13-/m1/s1. The Hall–Kier alpha value is -2.34. The predicted octanol–water partition coefficient (Wildman–Crippen LogP) is 2.93. The number of thiophene rings is 1. The lowest BCUT2D eigenvalue weighted by molar-refractivity contribution is -0.139. The Balaban J connectivity index is 2.01. The molecule has 0 saturated heterocycles. The second-order valence-electron chi connectivity index (χ2n) is 4.58. The summed E-state index contributed by atoms with van der Waals surface area (Å²) in [5.74, 6) is -1.10. The van der Waals surface area contributed by atoms with Gasteiger partial charge < -0.3 is 15.7 Å². The summed E-state index contributed by atoms with van der Waals surface area (Å²) in [6, 6.07) is 8.76. The molecule has 5 nitrogen and oxygen atoms in total. The van der Waals surface area contributed by atoms with Crippen LogP contribution in [0, 0.1) is 0 Å². The molecule has 0 aliphatic heterocycles. The van der Waals surface area contributed by atoms with Gasteiger partial charge in [-0.1, -0.05) is 30.3 Å². The number of rotatable bonds is 5. The van der Waals surface area contributed by atoms with Gasteiger partial charge in [-0.25, -0.2) is 9.59 Å². The van der Waals surface area contributed by atoms with Crippen LogP contribution in [0.2, 0.25) is 0 Å². The third kappa shape index (κ3) is 4.06. The molecule has 110 valence electrons. The maximum absolute atomic E-state index is 12.0. The number of urea groups is 1. The second kappa shape index (κ2) is 6.90. The molecule has 0 radical (unpaired) electrons. The number of amides is 2. The zero-order chi connectivity index (χ0) is 15.2. The van der Waals surface area contributed by atoms with Crippen LogP contribution in [0.4, 0.5) is 4.79 Å². The van der Waals surface area contributed by atoms with Crippen LogP contribution in [0.3, 0.4) is 0 Å². The predicted molar refractivity (Wildman–Crippen MR) is 81.2 cm³/mol. The van der Waals surface area contributed by atoms with Crippen molar-refractivity contribution < 1.29 is 14.7 Å². The highest BCUT2D eigenvalue weighted by molar-refractivity contribution is 7.07. The highest BCUT2D eigenvalue weighted by Gasteiger charge is 2.22. The van der Waals surface area contributed by atoms with E-state index in [2.05, 4.69) is 10.6 Å². The van der Waals surface area contributed by atoms with Crippen molar-refractivity contribution in [1.29, 1.82) is 0 Å². The number of aliphatic carboxylic acids is 1. The summed E-state index contributed by atoms with van der Waals surface area (Å²) in [4.78, 5) is 23.3. The molecule has 3 N–H and O–H groups in total.